The lowest BCUT2D eigenvalue weighted by atomic mass is 10.3. The number of hydrogen-bond donors (Lipinski definition) is 0. The Morgan fingerprint density at radius 1 is 0.625 bits per heavy atom. The van der Waals surface area contributed by atoms with Crippen LogP contribution in [-0.4, -0.2) is 8.07 Å². The van der Waals surface area contributed by atoms with Crippen molar-refractivity contribution < 1.29 is 13.2 Å². The van der Waals surface area contributed by atoms with Crippen LogP contribution in [0.3, 0.4) is 0 Å². The topological polar surface area (TPSA) is 0 Å². The molecular formula is C20H13F3Si. The van der Waals surface area contributed by atoms with Crippen molar-refractivity contribution in [2.75, 3.05) is 0 Å². The summed E-state index contributed by atoms with van der Waals surface area (Å²) >= 11 is 0. The van der Waals surface area contributed by atoms with Crippen molar-refractivity contribution in [3.8, 4) is 12.0 Å². The first-order valence-electron chi connectivity index (χ1n) is 7.32. The highest BCUT2D eigenvalue weighted by Gasteiger charge is 2.39. The molecule has 24 heavy (non-hydrogen) atoms. The van der Waals surface area contributed by atoms with Crippen LogP contribution >= 0.6 is 0 Å². The molecule has 0 N–H and O–H groups in total. The van der Waals surface area contributed by atoms with Crippen LogP contribution in [0.25, 0.3) is 0 Å². The van der Waals surface area contributed by atoms with E-state index < -0.39 is 25.5 Å². The fourth-order valence-corrected chi connectivity index (χ4v) is 6.52. The van der Waals surface area contributed by atoms with Gasteiger partial charge in [0.2, 0.25) is 8.07 Å². The summed E-state index contributed by atoms with van der Waals surface area (Å²) in [4.78, 5) is 0. The molecule has 3 aromatic carbocycles. The van der Waals surface area contributed by atoms with Crippen molar-refractivity contribution in [2.24, 2.45) is 0 Å². The Balaban J connectivity index is 2.38. The number of halogens is 3. The van der Waals surface area contributed by atoms with Crippen LogP contribution < -0.4 is 15.6 Å². The number of rotatable bonds is 3. The Hall–Kier alpha value is -2.77. The largest absolute Gasteiger partial charge is 0.229 e. The van der Waals surface area contributed by atoms with E-state index in [1.807, 2.05) is 0 Å². The van der Waals surface area contributed by atoms with Gasteiger partial charge in [-0.25, -0.2) is 13.2 Å². The monoisotopic (exact) mass is 338 g/mol. The zero-order chi connectivity index (χ0) is 17.2. The number of hydrogen-bond acceptors (Lipinski definition) is 0. The summed E-state index contributed by atoms with van der Waals surface area (Å²) in [6.45, 7) is 0. The average Bonchev–Trinajstić information content (AvgIpc) is 2.56. The maximum atomic E-state index is 13.8. The molecule has 0 spiro atoms. The molecule has 0 bridgehead atoms. The van der Waals surface area contributed by atoms with Gasteiger partial charge >= 0.3 is 0 Å². The molecule has 0 saturated carbocycles. The molecular weight excluding hydrogens is 325 g/mol. The molecule has 0 aromatic heterocycles. The van der Waals surface area contributed by atoms with Crippen molar-refractivity contribution in [1.29, 1.82) is 0 Å². The lowest BCUT2D eigenvalue weighted by Crippen LogP contribution is -2.66. The van der Waals surface area contributed by atoms with Gasteiger partial charge in [0.1, 0.15) is 17.5 Å². The van der Waals surface area contributed by atoms with Crippen molar-refractivity contribution in [2.45, 2.75) is 0 Å². The third kappa shape index (κ3) is 2.75. The summed E-state index contributed by atoms with van der Waals surface area (Å²) in [7, 11) is -3.18. The van der Waals surface area contributed by atoms with Gasteiger partial charge in [-0.2, -0.15) is 0 Å². The van der Waals surface area contributed by atoms with E-state index in [1.54, 1.807) is 36.4 Å². The second-order valence-corrected chi connectivity index (χ2v) is 8.95. The average molecular weight is 338 g/mol. The smallest absolute Gasteiger partial charge is 0.207 e. The third-order valence-corrected chi connectivity index (χ3v) is 7.95. The second-order valence-electron chi connectivity index (χ2n) is 5.43. The minimum Gasteiger partial charge on any atom is -0.207 e. The van der Waals surface area contributed by atoms with E-state index in [4.69, 9.17) is 6.42 Å². The summed E-state index contributed by atoms with van der Waals surface area (Å²) in [5.41, 5.74) is 2.78. The standard InChI is InChI=1S/C20H13F3Si/c1-2-24(18-9-3-6-15(21)12-18,19-10-4-7-16(22)13-19)20-11-5-8-17(23)14-20/h1,3-14H. The van der Waals surface area contributed by atoms with E-state index in [0.29, 0.717) is 15.6 Å². The lowest BCUT2D eigenvalue weighted by Gasteiger charge is -2.28. The number of benzene rings is 3. The van der Waals surface area contributed by atoms with Crippen molar-refractivity contribution in [1.82, 2.24) is 0 Å². The van der Waals surface area contributed by atoms with Gasteiger partial charge in [0, 0.05) is 0 Å². The fraction of sp³-hybridized carbons (Fsp3) is 0. The van der Waals surface area contributed by atoms with Crippen molar-refractivity contribution >= 4 is 23.6 Å². The zero-order valence-electron chi connectivity index (χ0n) is 12.6. The maximum Gasteiger partial charge on any atom is 0.229 e. The van der Waals surface area contributed by atoms with Crippen molar-refractivity contribution in [3.05, 3.63) is 90.2 Å². The predicted molar refractivity (Wildman–Crippen MR) is 92.7 cm³/mol. The van der Waals surface area contributed by atoms with E-state index >= 15 is 0 Å². The molecule has 3 aromatic rings. The van der Waals surface area contributed by atoms with Crippen LogP contribution in [0.2, 0.25) is 0 Å². The van der Waals surface area contributed by atoms with Crippen LogP contribution in [0, 0.1) is 29.4 Å². The van der Waals surface area contributed by atoms with E-state index in [2.05, 4.69) is 5.54 Å². The quantitative estimate of drug-likeness (QED) is 0.391. The lowest BCUT2D eigenvalue weighted by molar-refractivity contribution is 0.629. The zero-order valence-corrected chi connectivity index (χ0v) is 13.6. The molecule has 0 fully saturated rings. The molecule has 0 atom stereocenters. The molecule has 0 aliphatic carbocycles. The summed E-state index contributed by atoms with van der Waals surface area (Å²) in [5.74, 6) is -1.31. The minimum absolute atomic E-state index is 0.438. The third-order valence-electron chi connectivity index (χ3n) is 3.99. The maximum absolute atomic E-state index is 13.8. The summed E-state index contributed by atoms with van der Waals surface area (Å²) in [6.07, 6.45) is 5.90. The Kier molecular flexibility index (Phi) is 4.28. The first-order chi connectivity index (χ1) is 11.6. The molecule has 0 amide bonds. The van der Waals surface area contributed by atoms with E-state index in [1.165, 1.54) is 36.4 Å². The first-order valence-corrected chi connectivity index (χ1v) is 9.32. The van der Waals surface area contributed by atoms with E-state index in [0.717, 1.165) is 0 Å². The summed E-state index contributed by atoms with van der Waals surface area (Å²) < 4.78 is 41.5. The molecule has 0 unspecified atom stereocenters. The Morgan fingerprint density at radius 2 is 0.958 bits per heavy atom. The van der Waals surface area contributed by atoms with Crippen molar-refractivity contribution in [3.63, 3.8) is 0 Å². The Labute approximate surface area is 139 Å². The van der Waals surface area contributed by atoms with Gasteiger partial charge in [-0.05, 0) is 52.0 Å². The molecule has 0 aliphatic heterocycles. The van der Waals surface area contributed by atoms with Crippen LogP contribution in [0.4, 0.5) is 13.2 Å². The van der Waals surface area contributed by atoms with Gasteiger partial charge < -0.3 is 0 Å². The Bertz CT molecular complexity index is 817. The molecule has 0 nitrogen and oxygen atoms in total. The van der Waals surface area contributed by atoms with Crippen LogP contribution in [0.1, 0.15) is 0 Å². The molecule has 0 saturated heterocycles. The number of terminal acetylenes is 1. The van der Waals surface area contributed by atoms with E-state index in [9.17, 15) is 13.2 Å². The van der Waals surface area contributed by atoms with Gasteiger partial charge in [0.05, 0.1) is 0 Å². The van der Waals surface area contributed by atoms with Gasteiger partial charge in [0.15, 0.2) is 0 Å². The van der Waals surface area contributed by atoms with Gasteiger partial charge in [-0.15, -0.1) is 12.0 Å². The van der Waals surface area contributed by atoms with Gasteiger partial charge in [0.25, 0.3) is 0 Å². The summed E-state index contributed by atoms with van der Waals surface area (Å²) in [6, 6.07) is 17.8. The molecule has 3 rings (SSSR count). The molecule has 0 heterocycles. The van der Waals surface area contributed by atoms with Crippen LogP contribution in [-0.2, 0) is 0 Å². The van der Waals surface area contributed by atoms with Crippen LogP contribution in [0.15, 0.2) is 72.8 Å². The minimum atomic E-state index is -3.18. The molecule has 118 valence electrons. The highest BCUT2D eigenvalue weighted by atomic mass is 28.3. The van der Waals surface area contributed by atoms with Crippen LogP contribution in [0.5, 0.6) is 0 Å². The predicted octanol–water partition coefficient (Wildman–Crippen LogP) is 2.75. The first kappa shape index (κ1) is 16.1. The highest BCUT2D eigenvalue weighted by molar-refractivity contribution is 7.16. The fourth-order valence-electron chi connectivity index (χ4n) is 2.92. The van der Waals surface area contributed by atoms with E-state index in [-0.39, 0.29) is 0 Å². The second kappa shape index (κ2) is 6.38. The Morgan fingerprint density at radius 3 is 1.21 bits per heavy atom. The van der Waals surface area contributed by atoms with Gasteiger partial charge in [-0.1, -0.05) is 36.4 Å². The molecule has 0 radical (unpaired) electrons. The summed E-state index contributed by atoms with van der Waals surface area (Å²) in [5, 5.41) is 1.71. The normalized spacial score (nSPS) is 11.1. The molecule has 4 heteroatoms. The highest BCUT2D eigenvalue weighted by Crippen LogP contribution is 2.10. The van der Waals surface area contributed by atoms with Gasteiger partial charge in [-0.3, -0.25) is 0 Å². The SMILES string of the molecule is C#C[Si](c1cccc(F)c1)(c1cccc(F)c1)c1cccc(F)c1. The molecule has 0 aliphatic rings.